The molecular formula is C12H14F3N3O3. The van der Waals surface area contributed by atoms with Gasteiger partial charge in [0.15, 0.2) is 0 Å². The van der Waals surface area contributed by atoms with Crippen molar-refractivity contribution < 1.29 is 22.9 Å². The minimum Gasteiger partial charge on any atom is -0.328 e. The number of alkyl halides is 3. The number of anilines is 1. The van der Waals surface area contributed by atoms with E-state index in [0.717, 1.165) is 6.07 Å². The molecule has 0 fully saturated rings. The number of amides is 1. The van der Waals surface area contributed by atoms with Crippen LogP contribution in [0.5, 0.6) is 0 Å². The van der Waals surface area contributed by atoms with Gasteiger partial charge >= 0.3 is 6.18 Å². The van der Waals surface area contributed by atoms with Crippen LogP contribution >= 0.6 is 0 Å². The van der Waals surface area contributed by atoms with E-state index < -0.39 is 28.3 Å². The number of benzene rings is 1. The van der Waals surface area contributed by atoms with Crippen LogP contribution in [0.2, 0.25) is 0 Å². The lowest BCUT2D eigenvalue weighted by molar-refractivity contribution is -0.384. The molecule has 0 saturated carbocycles. The standard InChI is InChI=1S/C12H14F3N3O3/c1-7(16)2-5-11(19)17-9-4-3-8(12(13,14)15)6-10(9)18(20)21/h3-4,6-7H,2,5,16H2,1H3,(H,17,19). The predicted octanol–water partition coefficient (Wildman–Crippen LogP) is 2.68. The molecule has 1 rings (SSSR count). The molecule has 0 aliphatic carbocycles. The van der Waals surface area contributed by atoms with Gasteiger partial charge in [-0.1, -0.05) is 0 Å². The molecule has 0 heterocycles. The summed E-state index contributed by atoms with van der Waals surface area (Å²) >= 11 is 0. The first-order valence-electron chi connectivity index (χ1n) is 6.02. The van der Waals surface area contributed by atoms with Crippen LogP contribution in [0.25, 0.3) is 0 Å². The van der Waals surface area contributed by atoms with Crippen molar-refractivity contribution in [2.75, 3.05) is 5.32 Å². The fourth-order valence-electron chi connectivity index (χ4n) is 1.54. The number of carbonyl (C=O) groups is 1. The first kappa shape index (κ1) is 16.9. The molecule has 116 valence electrons. The summed E-state index contributed by atoms with van der Waals surface area (Å²) in [6.07, 6.45) is -4.31. The van der Waals surface area contributed by atoms with Crippen LogP contribution in [0.3, 0.4) is 0 Å². The van der Waals surface area contributed by atoms with Crippen LogP contribution in [0.15, 0.2) is 18.2 Å². The molecule has 21 heavy (non-hydrogen) atoms. The number of nitrogens with zero attached hydrogens (tertiary/aromatic N) is 1. The lowest BCUT2D eigenvalue weighted by Crippen LogP contribution is -2.20. The second-order valence-electron chi connectivity index (χ2n) is 4.55. The zero-order valence-corrected chi connectivity index (χ0v) is 11.1. The molecule has 0 saturated heterocycles. The molecular weight excluding hydrogens is 291 g/mol. The van der Waals surface area contributed by atoms with Crippen LogP contribution in [-0.2, 0) is 11.0 Å². The van der Waals surface area contributed by atoms with Crippen LogP contribution in [-0.4, -0.2) is 16.9 Å². The van der Waals surface area contributed by atoms with Crippen molar-refractivity contribution in [2.45, 2.75) is 32.0 Å². The number of nitrogens with one attached hydrogen (secondary N) is 1. The normalized spacial score (nSPS) is 12.8. The summed E-state index contributed by atoms with van der Waals surface area (Å²) in [5, 5.41) is 13.0. The Labute approximate surface area is 118 Å². The third-order valence-electron chi connectivity index (χ3n) is 2.62. The number of nitro groups is 1. The number of halogens is 3. The van der Waals surface area contributed by atoms with E-state index in [1.165, 1.54) is 0 Å². The third-order valence-corrected chi connectivity index (χ3v) is 2.62. The number of nitrogens with two attached hydrogens (primary N) is 1. The lowest BCUT2D eigenvalue weighted by atomic mass is 10.1. The first-order valence-corrected chi connectivity index (χ1v) is 6.02. The van der Waals surface area contributed by atoms with Crippen molar-refractivity contribution in [3.05, 3.63) is 33.9 Å². The van der Waals surface area contributed by atoms with Gasteiger partial charge in [-0.05, 0) is 25.5 Å². The molecule has 0 aliphatic heterocycles. The molecule has 3 N–H and O–H groups in total. The minimum absolute atomic E-state index is 0.0237. The molecule has 1 unspecified atom stereocenters. The maximum atomic E-state index is 12.5. The predicted molar refractivity (Wildman–Crippen MR) is 69.6 cm³/mol. The second kappa shape index (κ2) is 6.53. The second-order valence-corrected chi connectivity index (χ2v) is 4.55. The maximum Gasteiger partial charge on any atom is 0.416 e. The van der Waals surface area contributed by atoms with E-state index in [-0.39, 0.29) is 18.2 Å². The van der Waals surface area contributed by atoms with Gasteiger partial charge in [-0.2, -0.15) is 13.2 Å². The van der Waals surface area contributed by atoms with Gasteiger partial charge < -0.3 is 11.1 Å². The Bertz CT molecular complexity index is 544. The van der Waals surface area contributed by atoms with Crippen LogP contribution < -0.4 is 11.1 Å². The summed E-state index contributed by atoms with van der Waals surface area (Å²) in [6, 6.07) is 1.71. The van der Waals surface area contributed by atoms with Crippen molar-refractivity contribution in [2.24, 2.45) is 5.73 Å². The Hall–Kier alpha value is -2.16. The molecule has 1 atom stereocenters. The van der Waals surface area contributed by atoms with Crippen molar-refractivity contribution in [3.8, 4) is 0 Å². The van der Waals surface area contributed by atoms with E-state index in [2.05, 4.69) is 5.32 Å². The van der Waals surface area contributed by atoms with E-state index in [0.29, 0.717) is 18.6 Å². The van der Waals surface area contributed by atoms with Crippen LogP contribution in [0, 0.1) is 10.1 Å². The van der Waals surface area contributed by atoms with Gasteiger partial charge in [-0.25, -0.2) is 0 Å². The van der Waals surface area contributed by atoms with Gasteiger partial charge in [0.25, 0.3) is 5.69 Å². The van der Waals surface area contributed by atoms with Crippen molar-refractivity contribution >= 4 is 17.3 Å². The van der Waals surface area contributed by atoms with Gasteiger partial charge in [-0.3, -0.25) is 14.9 Å². The van der Waals surface area contributed by atoms with Gasteiger partial charge in [0.1, 0.15) is 5.69 Å². The fourth-order valence-corrected chi connectivity index (χ4v) is 1.54. The summed E-state index contributed by atoms with van der Waals surface area (Å²) in [4.78, 5) is 21.4. The SMILES string of the molecule is CC(N)CCC(=O)Nc1ccc(C(F)(F)F)cc1[N+](=O)[O-]. The molecule has 0 aromatic heterocycles. The monoisotopic (exact) mass is 305 g/mol. The number of hydrogen-bond donors (Lipinski definition) is 2. The molecule has 6 nitrogen and oxygen atoms in total. The lowest BCUT2D eigenvalue weighted by Gasteiger charge is -2.10. The highest BCUT2D eigenvalue weighted by atomic mass is 19.4. The smallest absolute Gasteiger partial charge is 0.328 e. The number of hydrogen-bond acceptors (Lipinski definition) is 4. The molecule has 0 bridgehead atoms. The Balaban J connectivity index is 2.97. The molecule has 0 aliphatic rings. The zero-order chi connectivity index (χ0) is 16.2. The topological polar surface area (TPSA) is 98.3 Å². The zero-order valence-electron chi connectivity index (χ0n) is 11.1. The Morgan fingerprint density at radius 1 is 1.48 bits per heavy atom. The highest BCUT2D eigenvalue weighted by Crippen LogP contribution is 2.34. The largest absolute Gasteiger partial charge is 0.416 e. The van der Waals surface area contributed by atoms with E-state index in [9.17, 15) is 28.1 Å². The van der Waals surface area contributed by atoms with Gasteiger partial charge in [0.05, 0.1) is 10.5 Å². The van der Waals surface area contributed by atoms with E-state index in [4.69, 9.17) is 5.73 Å². The first-order chi connectivity index (χ1) is 9.61. The molecule has 0 radical (unpaired) electrons. The number of rotatable bonds is 5. The summed E-state index contributed by atoms with van der Waals surface area (Å²) in [7, 11) is 0. The average Bonchev–Trinajstić information content (AvgIpc) is 2.35. The molecule has 1 aromatic rings. The van der Waals surface area contributed by atoms with Crippen molar-refractivity contribution in [1.29, 1.82) is 0 Å². The number of carbonyl (C=O) groups excluding carboxylic acids is 1. The molecule has 0 spiro atoms. The van der Waals surface area contributed by atoms with Gasteiger partial charge in [0, 0.05) is 18.5 Å². The van der Waals surface area contributed by atoms with Gasteiger partial charge in [0.2, 0.25) is 5.91 Å². The fraction of sp³-hybridized carbons (Fsp3) is 0.417. The quantitative estimate of drug-likeness (QED) is 0.645. The van der Waals surface area contributed by atoms with Gasteiger partial charge in [-0.15, -0.1) is 0 Å². The minimum atomic E-state index is -4.69. The molecule has 1 aromatic carbocycles. The van der Waals surface area contributed by atoms with Crippen molar-refractivity contribution in [1.82, 2.24) is 0 Å². The Kier molecular flexibility index (Phi) is 5.25. The van der Waals surface area contributed by atoms with Crippen LogP contribution in [0.1, 0.15) is 25.3 Å². The van der Waals surface area contributed by atoms with Crippen LogP contribution in [0.4, 0.5) is 24.5 Å². The Morgan fingerprint density at radius 2 is 2.10 bits per heavy atom. The van der Waals surface area contributed by atoms with E-state index in [1.54, 1.807) is 6.92 Å². The maximum absolute atomic E-state index is 12.5. The highest BCUT2D eigenvalue weighted by molar-refractivity contribution is 5.93. The number of nitro benzene ring substituents is 1. The summed E-state index contributed by atoms with van der Waals surface area (Å²) in [6.45, 7) is 1.69. The van der Waals surface area contributed by atoms with E-state index in [1.807, 2.05) is 0 Å². The molecule has 9 heteroatoms. The van der Waals surface area contributed by atoms with Crippen molar-refractivity contribution in [3.63, 3.8) is 0 Å². The Morgan fingerprint density at radius 3 is 2.57 bits per heavy atom. The average molecular weight is 305 g/mol. The summed E-state index contributed by atoms with van der Waals surface area (Å²) < 4.78 is 37.5. The summed E-state index contributed by atoms with van der Waals surface area (Å²) in [5.41, 5.74) is 3.23. The highest BCUT2D eigenvalue weighted by Gasteiger charge is 2.33. The third kappa shape index (κ3) is 5.03. The van der Waals surface area contributed by atoms with E-state index >= 15 is 0 Å². The molecule has 1 amide bonds. The summed E-state index contributed by atoms with van der Waals surface area (Å²) in [5.74, 6) is -0.546.